The number of hydrogen-bond donors (Lipinski definition) is 0. The molecule has 1 atom stereocenters. The van der Waals surface area contributed by atoms with Crippen LogP contribution in [-0.4, -0.2) is 0 Å². The van der Waals surface area contributed by atoms with Crippen molar-refractivity contribution >= 4 is 11.6 Å². The molecule has 0 aliphatic rings. The van der Waals surface area contributed by atoms with Gasteiger partial charge in [0.1, 0.15) is 11.5 Å². The van der Waals surface area contributed by atoms with Crippen LogP contribution in [-0.2, 0) is 5.88 Å². The summed E-state index contributed by atoms with van der Waals surface area (Å²) in [5.41, 5.74) is 3.57. The molecule has 0 saturated carbocycles. The summed E-state index contributed by atoms with van der Waals surface area (Å²) in [6.45, 7) is 6.48. The SMILES string of the molecule is CCC(C)c1ccccc1Oc1ccc(CCl)c(C)c1. The summed E-state index contributed by atoms with van der Waals surface area (Å²) in [4.78, 5) is 0. The molecule has 1 nitrogen and oxygen atoms in total. The lowest BCUT2D eigenvalue weighted by Gasteiger charge is -2.16. The van der Waals surface area contributed by atoms with E-state index in [4.69, 9.17) is 16.3 Å². The normalized spacial score (nSPS) is 12.2. The first-order chi connectivity index (χ1) is 9.65. The maximum Gasteiger partial charge on any atom is 0.130 e. The predicted molar refractivity (Wildman–Crippen MR) is 86.0 cm³/mol. The minimum atomic E-state index is 0.495. The zero-order valence-corrected chi connectivity index (χ0v) is 13.1. The summed E-state index contributed by atoms with van der Waals surface area (Å²) in [5.74, 6) is 2.84. The molecule has 20 heavy (non-hydrogen) atoms. The Labute approximate surface area is 126 Å². The van der Waals surface area contributed by atoms with Gasteiger partial charge in [-0.2, -0.15) is 0 Å². The number of ether oxygens (including phenoxy) is 1. The van der Waals surface area contributed by atoms with Gasteiger partial charge in [0.2, 0.25) is 0 Å². The number of hydrogen-bond acceptors (Lipinski definition) is 1. The summed E-state index contributed by atoms with van der Waals surface area (Å²) < 4.78 is 6.07. The molecule has 1 unspecified atom stereocenters. The molecule has 0 aliphatic carbocycles. The minimum Gasteiger partial charge on any atom is -0.457 e. The van der Waals surface area contributed by atoms with Crippen LogP contribution in [0.5, 0.6) is 11.5 Å². The van der Waals surface area contributed by atoms with Gasteiger partial charge in [-0.15, -0.1) is 11.6 Å². The summed E-state index contributed by atoms with van der Waals surface area (Å²) in [6, 6.07) is 14.3. The van der Waals surface area contributed by atoms with Gasteiger partial charge < -0.3 is 4.74 Å². The monoisotopic (exact) mass is 288 g/mol. The first-order valence-electron chi connectivity index (χ1n) is 7.08. The van der Waals surface area contributed by atoms with Crippen molar-refractivity contribution in [2.75, 3.05) is 0 Å². The molecule has 0 heterocycles. The largest absolute Gasteiger partial charge is 0.457 e. The Kier molecular flexibility index (Phi) is 5.08. The fourth-order valence-electron chi connectivity index (χ4n) is 2.21. The Morgan fingerprint density at radius 1 is 1.15 bits per heavy atom. The molecule has 0 bridgehead atoms. The van der Waals surface area contributed by atoms with Crippen molar-refractivity contribution in [2.24, 2.45) is 0 Å². The molecule has 0 amide bonds. The van der Waals surface area contributed by atoms with Gasteiger partial charge in [-0.25, -0.2) is 0 Å². The molecule has 2 rings (SSSR count). The van der Waals surface area contributed by atoms with Crippen molar-refractivity contribution in [3.05, 3.63) is 59.2 Å². The number of para-hydroxylation sites is 1. The van der Waals surface area contributed by atoms with Gasteiger partial charge in [-0.05, 0) is 54.2 Å². The second-order valence-corrected chi connectivity index (χ2v) is 5.44. The highest BCUT2D eigenvalue weighted by atomic mass is 35.5. The van der Waals surface area contributed by atoms with Crippen molar-refractivity contribution in [1.29, 1.82) is 0 Å². The number of benzene rings is 2. The first kappa shape index (κ1) is 14.9. The van der Waals surface area contributed by atoms with E-state index in [0.29, 0.717) is 11.8 Å². The van der Waals surface area contributed by atoms with Crippen LogP contribution in [0.15, 0.2) is 42.5 Å². The van der Waals surface area contributed by atoms with Gasteiger partial charge in [-0.3, -0.25) is 0 Å². The Morgan fingerprint density at radius 3 is 2.55 bits per heavy atom. The van der Waals surface area contributed by atoms with E-state index in [2.05, 4.69) is 32.9 Å². The van der Waals surface area contributed by atoms with E-state index in [9.17, 15) is 0 Å². The third kappa shape index (κ3) is 3.34. The van der Waals surface area contributed by atoms with Gasteiger partial charge in [0.25, 0.3) is 0 Å². The number of alkyl halides is 1. The molecule has 0 aliphatic heterocycles. The topological polar surface area (TPSA) is 9.23 Å². The lowest BCUT2D eigenvalue weighted by Crippen LogP contribution is -1.96. The van der Waals surface area contributed by atoms with Crippen LogP contribution in [0, 0.1) is 6.92 Å². The highest BCUT2D eigenvalue weighted by Gasteiger charge is 2.10. The fourth-order valence-corrected chi connectivity index (χ4v) is 2.51. The smallest absolute Gasteiger partial charge is 0.130 e. The van der Waals surface area contributed by atoms with Crippen molar-refractivity contribution < 1.29 is 4.74 Å². The molecule has 2 heteroatoms. The molecule has 0 spiro atoms. The molecular formula is C18H21ClO. The lowest BCUT2D eigenvalue weighted by molar-refractivity contribution is 0.470. The number of rotatable bonds is 5. The average molecular weight is 289 g/mol. The molecule has 106 valence electrons. The molecule has 0 fully saturated rings. The standard InChI is InChI=1S/C18H21ClO/c1-4-13(2)17-7-5-6-8-18(17)20-16-10-9-15(12-19)14(3)11-16/h5-11,13H,4,12H2,1-3H3. The average Bonchev–Trinajstić information content (AvgIpc) is 2.47. The van der Waals surface area contributed by atoms with Gasteiger partial charge in [0.05, 0.1) is 0 Å². The van der Waals surface area contributed by atoms with E-state index < -0.39 is 0 Å². The second kappa shape index (κ2) is 6.81. The summed E-state index contributed by atoms with van der Waals surface area (Å²) in [6.07, 6.45) is 1.10. The highest BCUT2D eigenvalue weighted by Crippen LogP contribution is 2.32. The van der Waals surface area contributed by atoms with E-state index >= 15 is 0 Å². The van der Waals surface area contributed by atoms with E-state index in [1.807, 2.05) is 30.3 Å². The second-order valence-electron chi connectivity index (χ2n) is 5.17. The van der Waals surface area contributed by atoms with Crippen LogP contribution >= 0.6 is 11.6 Å². The van der Waals surface area contributed by atoms with Crippen LogP contribution in [0.2, 0.25) is 0 Å². The van der Waals surface area contributed by atoms with Crippen LogP contribution in [0.25, 0.3) is 0 Å². The lowest BCUT2D eigenvalue weighted by atomic mass is 9.98. The first-order valence-corrected chi connectivity index (χ1v) is 7.61. The van der Waals surface area contributed by atoms with E-state index in [-0.39, 0.29) is 0 Å². The number of halogens is 1. The van der Waals surface area contributed by atoms with Crippen molar-refractivity contribution in [3.8, 4) is 11.5 Å². The van der Waals surface area contributed by atoms with Crippen LogP contribution in [0.3, 0.4) is 0 Å². The summed E-state index contributed by atoms with van der Waals surface area (Å²) >= 11 is 5.89. The Morgan fingerprint density at radius 2 is 1.90 bits per heavy atom. The predicted octanol–water partition coefficient (Wildman–Crippen LogP) is 6.04. The van der Waals surface area contributed by atoms with Gasteiger partial charge in [0.15, 0.2) is 0 Å². The van der Waals surface area contributed by atoms with Gasteiger partial charge in [0, 0.05) is 5.88 Å². The maximum atomic E-state index is 6.07. The quantitative estimate of drug-likeness (QED) is 0.609. The zero-order valence-electron chi connectivity index (χ0n) is 12.3. The van der Waals surface area contributed by atoms with Gasteiger partial charge >= 0.3 is 0 Å². The minimum absolute atomic E-state index is 0.495. The third-order valence-corrected chi connectivity index (χ3v) is 4.04. The van der Waals surface area contributed by atoms with E-state index in [1.165, 1.54) is 11.1 Å². The van der Waals surface area contributed by atoms with Crippen molar-refractivity contribution in [1.82, 2.24) is 0 Å². The van der Waals surface area contributed by atoms with Crippen molar-refractivity contribution in [2.45, 2.75) is 39.0 Å². The Bertz CT molecular complexity index is 577. The number of aryl methyl sites for hydroxylation is 1. The molecule has 0 N–H and O–H groups in total. The molecule has 0 aromatic heterocycles. The highest BCUT2D eigenvalue weighted by molar-refractivity contribution is 6.17. The van der Waals surface area contributed by atoms with Crippen LogP contribution in [0.4, 0.5) is 0 Å². The van der Waals surface area contributed by atoms with Crippen LogP contribution < -0.4 is 4.74 Å². The third-order valence-electron chi connectivity index (χ3n) is 3.75. The summed E-state index contributed by atoms with van der Waals surface area (Å²) in [5, 5.41) is 0. The molecule has 2 aromatic carbocycles. The molecular weight excluding hydrogens is 268 g/mol. The molecule has 0 radical (unpaired) electrons. The fraction of sp³-hybridized carbons (Fsp3) is 0.333. The maximum absolute atomic E-state index is 6.07. The zero-order chi connectivity index (χ0) is 14.5. The summed E-state index contributed by atoms with van der Waals surface area (Å²) in [7, 11) is 0. The van der Waals surface area contributed by atoms with Crippen molar-refractivity contribution in [3.63, 3.8) is 0 Å². The molecule has 0 saturated heterocycles. The van der Waals surface area contributed by atoms with E-state index in [1.54, 1.807) is 0 Å². The van der Waals surface area contributed by atoms with Crippen LogP contribution in [0.1, 0.15) is 42.9 Å². The Balaban J connectivity index is 2.28. The van der Waals surface area contributed by atoms with E-state index in [0.717, 1.165) is 23.5 Å². The molecule has 2 aromatic rings. The van der Waals surface area contributed by atoms with Gasteiger partial charge in [-0.1, -0.05) is 38.1 Å². The Hall–Kier alpha value is -1.47.